The number of alkyl halides is 3. The normalized spacial score (nSPS) is 20.2. The Morgan fingerprint density at radius 2 is 1.92 bits per heavy atom. The number of hydrogen-bond acceptors (Lipinski definition) is 4. The lowest BCUT2D eigenvalue weighted by Crippen LogP contribution is -2.64. The van der Waals surface area contributed by atoms with Crippen LogP contribution in [0.1, 0.15) is 45.6 Å². The number of rotatable bonds is 5. The van der Waals surface area contributed by atoms with E-state index in [0.29, 0.717) is 0 Å². The highest BCUT2D eigenvalue weighted by molar-refractivity contribution is 5.79. The summed E-state index contributed by atoms with van der Waals surface area (Å²) in [6.07, 6.45) is -5.28. The van der Waals surface area contributed by atoms with Crippen molar-refractivity contribution < 1.29 is 22.9 Å². The first-order chi connectivity index (χ1) is 11.5. The maximum Gasteiger partial charge on any atom is 0.412 e. The van der Waals surface area contributed by atoms with E-state index in [2.05, 4.69) is 5.43 Å². The van der Waals surface area contributed by atoms with Gasteiger partial charge in [-0.1, -0.05) is 25.5 Å². The molecule has 1 N–H and O–H groups in total. The van der Waals surface area contributed by atoms with Gasteiger partial charge in [0.05, 0.1) is 10.5 Å². The molecule has 0 bridgehead atoms. The molecule has 1 fully saturated rings. The third kappa shape index (κ3) is 3.08. The number of nitro groups is 1. The lowest BCUT2D eigenvalue weighted by Gasteiger charge is -2.47. The van der Waals surface area contributed by atoms with Crippen molar-refractivity contribution in [3.05, 3.63) is 39.9 Å². The van der Waals surface area contributed by atoms with Crippen LogP contribution >= 0.6 is 0 Å². The van der Waals surface area contributed by atoms with Crippen molar-refractivity contribution in [3.63, 3.8) is 0 Å². The predicted molar refractivity (Wildman–Crippen MR) is 84.4 cm³/mol. The first-order valence-corrected chi connectivity index (χ1v) is 7.88. The quantitative estimate of drug-likeness (QED) is 0.643. The number of hydrogen-bond donors (Lipinski definition) is 1. The minimum atomic E-state index is -4.84. The number of hydrazine groups is 1. The third-order valence-corrected chi connectivity index (χ3v) is 4.44. The highest BCUT2D eigenvalue weighted by Gasteiger charge is 2.66. The second-order valence-corrected chi connectivity index (χ2v) is 6.74. The van der Waals surface area contributed by atoms with Crippen LogP contribution in [0, 0.1) is 10.1 Å². The van der Waals surface area contributed by atoms with Crippen molar-refractivity contribution in [2.24, 2.45) is 0 Å². The number of nitrogens with one attached hydrogen (secondary N) is 1. The number of halogens is 3. The summed E-state index contributed by atoms with van der Waals surface area (Å²) >= 11 is 0. The fourth-order valence-electron chi connectivity index (χ4n) is 3.53. The summed E-state index contributed by atoms with van der Waals surface area (Å²) in [5, 5.41) is 12.2. The van der Waals surface area contributed by atoms with Gasteiger partial charge in [-0.25, -0.2) is 0 Å². The average molecular weight is 359 g/mol. The zero-order chi connectivity index (χ0) is 19.0. The fourth-order valence-corrected chi connectivity index (χ4v) is 3.53. The number of benzene rings is 1. The van der Waals surface area contributed by atoms with Gasteiger partial charge >= 0.3 is 6.18 Å². The fraction of sp³-hybridized carbons (Fsp3) is 0.562. The number of para-hydroxylation sites is 1. The molecule has 0 aliphatic carbocycles. The van der Waals surface area contributed by atoms with Gasteiger partial charge in [0.1, 0.15) is 0 Å². The summed E-state index contributed by atoms with van der Waals surface area (Å²) in [7, 11) is 0. The molecular weight excluding hydrogens is 339 g/mol. The molecule has 1 aliphatic rings. The summed E-state index contributed by atoms with van der Waals surface area (Å²) in [5.41, 5.74) is -2.65. The predicted octanol–water partition coefficient (Wildman–Crippen LogP) is 3.67. The van der Waals surface area contributed by atoms with E-state index in [4.69, 9.17) is 0 Å². The van der Waals surface area contributed by atoms with Crippen LogP contribution in [-0.4, -0.2) is 27.6 Å². The molecule has 6 nitrogen and oxygen atoms in total. The Bertz CT molecular complexity index is 691. The van der Waals surface area contributed by atoms with E-state index >= 15 is 0 Å². The summed E-state index contributed by atoms with van der Waals surface area (Å²) in [4.78, 5) is 22.4. The van der Waals surface area contributed by atoms with Gasteiger partial charge in [-0.15, -0.1) is 0 Å². The van der Waals surface area contributed by atoms with Crippen LogP contribution in [0.15, 0.2) is 24.3 Å². The molecule has 2 rings (SSSR count). The molecule has 0 spiro atoms. The molecule has 1 aromatic carbocycles. The maximum absolute atomic E-state index is 14.4. The Kier molecular flexibility index (Phi) is 4.82. The van der Waals surface area contributed by atoms with Gasteiger partial charge in [0.25, 0.3) is 5.69 Å². The van der Waals surface area contributed by atoms with Gasteiger partial charge < -0.3 is 0 Å². The summed E-state index contributed by atoms with van der Waals surface area (Å²) < 4.78 is 43.2. The second-order valence-electron chi connectivity index (χ2n) is 6.74. The van der Waals surface area contributed by atoms with Crippen molar-refractivity contribution in [2.75, 3.05) is 0 Å². The first-order valence-electron chi connectivity index (χ1n) is 7.88. The highest BCUT2D eigenvalue weighted by Crippen LogP contribution is 2.52. The molecule has 25 heavy (non-hydrogen) atoms. The second kappa shape index (κ2) is 6.29. The number of carbonyl (C=O) groups is 1. The van der Waals surface area contributed by atoms with E-state index in [1.165, 1.54) is 26.0 Å². The summed E-state index contributed by atoms with van der Waals surface area (Å²) in [6.45, 7) is 4.59. The van der Waals surface area contributed by atoms with Gasteiger partial charge in [0.2, 0.25) is 5.91 Å². The van der Waals surface area contributed by atoms with E-state index in [1.54, 1.807) is 6.92 Å². The molecule has 1 saturated heterocycles. The van der Waals surface area contributed by atoms with Crippen molar-refractivity contribution >= 4 is 11.6 Å². The lowest BCUT2D eigenvalue weighted by atomic mass is 9.80. The van der Waals surface area contributed by atoms with Gasteiger partial charge in [-0.05, 0) is 26.3 Å². The maximum atomic E-state index is 14.4. The van der Waals surface area contributed by atoms with E-state index < -0.39 is 45.8 Å². The zero-order valence-electron chi connectivity index (χ0n) is 14.2. The molecule has 0 radical (unpaired) electrons. The largest absolute Gasteiger partial charge is 0.412 e. The van der Waals surface area contributed by atoms with Crippen LogP contribution < -0.4 is 5.43 Å². The van der Waals surface area contributed by atoms with Crippen LogP contribution in [0.3, 0.4) is 0 Å². The molecule has 1 unspecified atom stereocenters. The Labute approximate surface area is 143 Å². The minimum Gasteiger partial charge on any atom is -0.287 e. The molecule has 1 aliphatic heterocycles. The van der Waals surface area contributed by atoms with E-state index in [1.807, 2.05) is 0 Å². The monoisotopic (exact) mass is 359 g/mol. The average Bonchev–Trinajstić information content (AvgIpc) is 2.76. The van der Waals surface area contributed by atoms with Gasteiger partial charge in [0.15, 0.2) is 5.54 Å². The Morgan fingerprint density at radius 3 is 2.36 bits per heavy atom. The van der Waals surface area contributed by atoms with Crippen LogP contribution in [0.4, 0.5) is 18.9 Å². The number of nitro benzene ring substituents is 1. The SMILES string of the molecule is CCCC(c1ccccc1[N+](=O)[O-])(N1NC(=O)CC1(C)C)C(F)(F)F. The molecule has 138 valence electrons. The molecule has 1 aromatic rings. The Morgan fingerprint density at radius 1 is 1.32 bits per heavy atom. The summed E-state index contributed by atoms with van der Waals surface area (Å²) in [6, 6.07) is 4.82. The van der Waals surface area contributed by atoms with Crippen LogP contribution in [0.25, 0.3) is 0 Å². The Balaban J connectivity index is 2.83. The van der Waals surface area contributed by atoms with Crippen LogP contribution in [0.2, 0.25) is 0 Å². The van der Waals surface area contributed by atoms with E-state index in [0.717, 1.165) is 17.1 Å². The molecule has 1 atom stereocenters. The smallest absolute Gasteiger partial charge is 0.287 e. The topological polar surface area (TPSA) is 75.5 Å². The molecule has 9 heteroatoms. The lowest BCUT2D eigenvalue weighted by molar-refractivity contribution is -0.388. The standard InChI is InChI=1S/C16H20F3N3O3/c1-4-9-15(16(17,18)19,22-14(2,3)10-13(23)20-22)11-7-5-6-8-12(11)21(24)25/h5-8H,4,9-10H2,1-3H3,(H,20,23). The minimum absolute atomic E-state index is 0.119. The van der Waals surface area contributed by atoms with Gasteiger partial charge in [-0.2, -0.15) is 18.2 Å². The van der Waals surface area contributed by atoms with Crippen molar-refractivity contribution in [2.45, 2.75) is 57.3 Å². The van der Waals surface area contributed by atoms with Gasteiger partial charge in [-0.3, -0.25) is 20.3 Å². The molecule has 0 aromatic heterocycles. The van der Waals surface area contributed by atoms with E-state index in [9.17, 15) is 28.1 Å². The highest BCUT2D eigenvalue weighted by atomic mass is 19.4. The van der Waals surface area contributed by atoms with Crippen molar-refractivity contribution in [1.29, 1.82) is 0 Å². The third-order valence-electron chi connectivity index (χ3n) is 4.44. The molecule has 0 saturated carbocycles. The summed E-state index contributed by atoms with van der Waals surface area (Å²) in [5.74, 6) is -0.548. The van der Waals surface area contributed by atoms with E-state index in [-0.39, 0.29) is 12.8 Å². The van der Waals surface area contributed by atoms with Crippen LogP contribution in [0.5, 0.6) is 0 Å². The molecule has 1 heterocycles. The number of nitrogens with zero attached hydrogens (tertiary/aromatic N) is 2. The zero-order valence-corrected chi connectivity index (χ0v) is 14.2. The van der Waals surface area contributed by atoms with Crippen molar-refractivity contribution in [1.82, 2.24) is 10.4 Å². The Hall–Kier alpha value is -2.16. The first kappa shape index (κ1) is 19.2. The number of carbonyl (C=O) groups excluding carboxylic acids is 1. The molecular formula is C16H20F3N3O3. The van der Waals surface area contributed by atoms with Gasteiger partial charge in [0, 0.05) is 18.0 Å². The van der Waals surface area contributed by atoms with Crippen LogP contribution in [-0.2, 0) is 10.3 Å². The van der Waals surface area contributed by atoms with Crippen molar-refractivity contribution in [3.8, 4) is 0 Å². The number of amides is 1. The molecule has 1 amide bonds.